The summed E-state index contributed by atoms with van der Waals surface area (Å²) in [6.07, 6.45) is 8.80. The number of nitrogens with one attached hydrogen (secondary N) is 1. The molecule has 0 saturated carbocycles. The zero-order valence-electron chi connectivity index (χ0n) is 11.0. The Morgan fingerprint density at radius 2 is 2.20 bits per heavy atom. The van der Waals surface area contributed by atoms with Crippen molar-refractivity contribution >= 4 is 11.5 Å². The van der Waals surface area contributed by atoms with Crippen LogP contribution in [0.15, 0.2) is 43.0 Å². The number of fused-ring (bicyclic) bond motifs is 2. The van der Waals surface area contributed by atoms with Crippen molar-refractivity contribution < 1.29 is 0 Å². The van der Waals surface area contributed by atoms with Gasteiger partial charge in [0, 0.05) is 12.4 Å². The third-order valence-electron chi connectivity index (χ3n) is 3.90. The first-order valence-electron chi connectivity index (χ1n) is 6.90. The Balaban J connectivity index is 1.72. The van der Waals surface area contributed by atoms with Crippen LogP contribution in [0.3, 0.4) is 0 Å². The van der Waals surface area contributed by atoms with Gasteiger partial charge in [0.15, 0.2) is 5.82 Å². The summed E-state index contributed by atoms with van der Waals surface area (Å²) in [5.74, 6) is 0.798. The van der Waals surface area contributed by atoms with E-state index >= 15 is 0 Å². The summed E-state index contributed by atoms with van der Waals surface area (Å²) in [6.45, 7) is 0. The third kappa shape index (κ3) is 1.82. The zero-order chi connectivity index (χ0) is 13.4. The molecule has 0 bridgehead atoms. The highest BCUT2D eigenvalue weighted by atomic mass is 15.2. The summed E-state index contributed by atoms with van der Waals surface area (Å²) < 4.78 is 1.88. The predicted octanol–water partition coefficient (Wildman–Crippen LogP) is 2.61. The Bertz CT molecular complexity index is 749. The first-order valence-corrected chi connectivity index (χ1v) is 6.90. The first kappa shape index (κ1) is 11.4. The van der Waals surface area contributed by atoms with Crippen molar-refractivity contribution in [1.29, 1.82) is 0 Å². The van der Waals surface area contributed by atoms with Crippen LogP contribution in [0.2, 0.25) is 0 Å². The third-order valence-corrected chi connectivity index (χ3v) is 3.90. The van der Waals surface area contributed by atoms with Gasteiger partial charge in [-0.15, -0.1) is 10.2 Å². The van der Waals surface area contributed by atoms with E-state index in [2.05, 4.69) is 44.8 Å². The van der Waals surface area contributed by atoms with E-state index in [4.69, 9.17) is 0 Å². The van der Waals surface area contributed by atoms with E-state index in [1.807, 2.05) is 10.6 Å². The van der Waals surface area contributed by atoms with Gasteiger partial charge in [-0.1, -0.05) is 24.3 Å². The van der Waals surface area contributed by atoms with Gasteiger partial charge in [-0.05, 0) is 30.4 Å². The highest BCUT2D eigenvalue weighted by molar-refractivity contribution is 5.62. The fourth-order valence-electron chi connectivity index (χ4n) is 2.93. The number of benzene rings is 1. The van der Waals surface area contributed by atoms with Crippen molar-refractivity contribution in [3.05, 3.63) is 54.1 Å². The van der Waals surface area contributed by atoms with Crippen molar-refractivity contribution in [2.45, 2.75) is 25.3 Å². The zero-order valence-corrected chi connectivity index (χ0v) is 11.0. The Labute approximate surface area is 116 Å². The molecule has 1 aliphatic rings. The van der Waals surface area contributed by atoms with Gasteiger partial charge in [0.2, 0.25) is 5.65 Å². The van der Waals surface area contributed by atoms with Crippen LogP contribution in [0.4, 0.5) is 5.82 Å². The van der Waals surface area contributed by atoms with E-state index in [1.54, 1.807) is 12.5 Å². The number of aromatic nitrogens is 4. The number of aryl methyl sites for hydroxylation is 1. The van der Waals surface area contributed by atoms with Crippen LogP contribution in [-0.2, 0) is 6.42 Å². The highest BCUT2D eigenvalue weighted by Gasteiger charge is 2.20. The second kappa shape index (κ2) is 4.59. The van der Waals surface area contributed by atoms with Crippen LogP contribution in [0, 0.1) is 0 Å². The summed E-state index contributed by atoms with van der Waals surface area (Å²) in [6, 6.07) is 8.93. The monoisotopic (exact) mass is 265 g/mol. The number of nitrogens with zero attached hydrogens (tertiary/aromatic N) is 4. The van der Waals surface area contributed by atoms with Gasteiger partial charge >= 0.3 is 0 Å². The normalized spacial score (nSPS) is 17.9. The molecule has 2 aromatic heterocycles. The SMILES string of the molecule is c1ccc2c(c1)CCCC2Nc1nccn2cnnc12. The lowest BCUT2D eigenvalue weighted by Gasteiger charge is -2.26. The molecule has 4 rings (SSSR count). The fourth-order valence-corrected chi connectivity index (χ4v) is 2.93. The van der Waals surface area contributed by atoms with Crippen molar-refractivity contribution in [2.24, 2.45) is 0 Å². The molecule has 0 spiro atoms. The van der Waals surface area contributed by atoms with Crippen LogP contribution < -0.4 is 5.32 Å². The molecule has 1 aliphatic carbocycles. The molecule has 20 heavy (non-hydrogen) atoms. The van der Waals surface area contributed by atoms with E-state index in [0.29, 0.717) is 6.04 Å². The molecular weight excluding hydrogens is 250 g/mol. The smallest absolute Gasteiger partial charge is 0.203 e. The molecule has 100 valence electrons. The number of hydrogen-bond donors (Lipinski definition) is 1. The van der Waals surface area contributed by atoms with Gasteiger partial charge in [0.1, 0.15) is 6.33 Å². The average Bonchev–Trinajstić information content (AvgIpc) is 2.97. The highest BCUT2D eigenvalue weighted by Crippen LogP contribution is 2.32. The molecule has 1 atom stereocenters. The van der Waals surface area contributed by atoms with Gasteiger partial charge in [-0.25, -0.2) is 4.98 Å². The Hall–Kier alpha value is -2.43. The summed E-state index contributed by atoms with van der Waals surface area (Å²) in [7, 11) is 0. The molecular formula is C15H15N5. The van der Waals surface area contributed by atoms with E-state index in [-0.39, 0.29) is 0 Å². The van der Waals surface area contributed by atoms with Crippen LogP contribution >= 0.6 is 0 Å². The van der Waals surface area contributed by atoms with Gasteiger partial charge in [0.25, 0.3) is 0 Å². The van der Waals surface area contributed by atoms with Crippen LogP contribution in [0.1, 0.15) is 30.0 Å². The minimum absolute atomic E-state index is 0.301. The number of hydrogen-bond acceptors (Lipinski definition) is 4. The van der Waals surface area contributed by atoms with Crippen molar-refractivity contribution in [3.63, 3.8) is 0 Å². The van der Waals surface area contributed by atoms with E-state index in [0.717, 1.165) is 24.3 Å². The molecule has 0 aliphatic heterocycles. The standard InChI is InChI=1S/C15H15N5/c1-2-6-12-11(4-1)5-3-7-13(12)18-14-15-19-17-10-20(15)9-8-16-14/h1-2,4,6,8-10,13H,3,5,7H2,(H,16,18). The maximum atomic E-state index is 4.41. The van der Waals surface area contributed by atoms with Crippen molar-refractivity contribution in [1.82, 2.24) is 19.6 Å². The van der Waals surface area contributed by atoms with Gasteiger partial charge in [-0.3, -0.25) is 4.40 Å². The van der Waals surface area contributed by atoms with Crippen LogP contribution in [0.25, 0.3) is 5.65 Å². The van der Waals surface area contributed by atoms with Crippen molar-refractivity contribution in [2.75, 3.05) is 5.32 Å². The Morgan fingerprint density at radius 1 is 1.25 bits per heavy atom. The van der Waals surface area contributed by atoms with Crippen LogP contribution in [-0.4, -0.2) is 19.6 Å². The summed E-state index contributed by atoms with van der Waals surface area (Å²) >= 11 is 0. The summed E-state index contributed by atoms with van der Waals surface area (Å²) in [4.78, 5) is 4.41. The quantitative estimate of drug-likeness (QED) is 0.774. The number of anilines is 1. The van der Waals surface area contributed by atoms with Gasteiger partial charge in [0.05, 0.1) is 6.04 Å². The fraction of sp³-hybridized carbons (Fsp3) is 0.267. The maximum Gasteiger partial charge on any atom is 0.203 e. The summed E-state index contributed by atoms with van der Waals surface area (Å²) in [5, 5.41) is 11.6. The van der Waals surface area contributed by atoms with E-state index in [9.17, 15) is 0 Å². The molecule has 2 heterocycles. The molecule has 0 amide bonds. The lowest BCUT2D eigenvalue weighted by molar-refractivity contribution is 0.599. The van der Waals surface area contributed by atoms with E-state index < -0.39 is 0 Å². The lowest BCUT2D eigenvalue weighted by Crippen LogP contribution is -2.18. The molecule has 3 aromatic rings. The first-order chi connectivity index (χ1) is 9.92. The predicted molar refractivity (Wildman–Crippen MR) is 76.5 cm³/mol. The van der Waals surface area contributed by atoms with E-state index in [1.165, 1.54) is 17.5 Å². The second-order valence-electron chi connectivity index (χ2n) is 5.13. The largest absolute Gasteiger partial charge is 0.360 e. The molecule has 0 radical (unpaired) electrons. The van der Waals surface area contributed by atoms with Crippen molar-refractivity contribution in [3.8, 4) is 0 Å². The maximum absolute atomic E-state index is 4.41. The molecule has 1 unspecified atom stereocenters. The minimum Gasteiger partial charge on any atom is -0.360 e. The topological polar surface area (TPSA) is 55.1 Å². The van der Waals surface area contributed by atoms with Gasteiger partial charge in [-0.2, -0.15) is 0 Å². The Morgan fingerprint density at radius 3 is 3.20 bits per heavy atom. The molecule has 5 heteroatoms. The number of rotatable bonds is 2. The minimum atomic E-state index is 0.301. The van der Waals surface area contributed by atoms with Gasteiger partial charge < -0.3 is 5.32 Å². The Kier molecular flexibility index (Phi) is 2.62. The molecule has 5 nitrogen and oxygen atoms in total. The molecule has 1 aromatic carbocycles. The lowest BCUT2D eigenvalue weighted by atomic mass is 9.88. The molecule has 0 saturated heterocycles. The summed E-state index contributed by atoms with van der Waals surface area (Å²) in [5.41, 5.74) is 3.59. The van der Waals surface area contributed by atoms with Crippen LogP contribution in [0.5, 0.6) is 0 Å². The molecule has 1 N–H and O–H groups in total. The average molecular weight is 265 g/mol. The molecule has 0 fully saturated rings. The second-order valence-corrected chi connectivity index (χ2v) is 5.13.